The van der Waals surface area contributed by atoms with Crippen molar-refractivity contribution in [1.82, 2.24) is 20.2 Å². The number of fused-ring (bicyclic) bond motifs is 2. The Balaban J connectivity index is 1.43. The normalized spacial score (nSPS) is 17.8. The standard InChI is InChI=1S/C27H20N4O3/c32-24-22-8-2-1-5-19(22)15-31(24)16-27(25(33)29-26(34)30-27)20-12-10-17(11-13-20)21-9-3-6-18-7-4-14-28-23(18)21/h1-15,32H,16H2,(H2,29,30,33,34)/t27-/m0/s1. The van der Waals surface area contributed by atoms with Gasteiger partial charge in [-0.1, -0.05) is 66.7 Å². The molecule has 1 atom stereocenters. The summed E-state index contributed by atoms with van der Waals surface area (Å²) >= 11 is 0. The second-order valence-electron chi connectivity index (χ2n) is 8.44. The summed E-state index contributed by atoms with van der Waals surface area (Å²) in [6.07, 6.45) is 3.54. The quantitative estimate of drug-likeness (QED) is 0.357. The third kappa shape index (κ3) is 3.02. The average molecular weight is 448 g/mol. The molecule has 0 bridgehead atoms. The Bertz CT molecular complexity index is 1580. The van der Waals surface area contributed by atoms with Crippen molar-refractivity contribution < 1.29 is 14.7 Å². The van der Waals surface area contributed by atoms with E-state index in [1.54, 1.807) is 17.0 Å². The van der Waals surface area contributed by atoms with Crippen LogP contribution < -0.4 is 10.6 Å². The van der Waals surface area contributed by atoms with Gasteiger partial charge >= 0.3 is 6.03 Å². The van der Waals surface area contributed by atoms with Crippen LogP contribution in [0.3, 0.4) is 0 Å². The number of para-hydroxylation sites is 1. The molecule has 3 heterocycles. The number of nitrogens with one attached hydrogen (secondary N) is 2. The molecule has 0 unspecified atom stereocenters. The molecule has 2 aromatic heterocycles. The number of benzene rings is 3. The van der Waals surface area contributed by atoms with E-state index in [-0.39, 0.29) is 12.4 Å². The highest BCUT2D eigenvalue weighted by molar-refractivity contribution is 6.07. The highest BCUT2D eigenvalue weighted by Gasteiger charge is 2.48. The van der Waals surface area contributed by atoms with E-state index in [1.807, 2.05) is 78.9 Å². The number of pyridine rings is 1. The van der Waals surface area contributed by atoms with Crippen molar-refractivity contribution in [1.29, 1.82) is 0 Å². The third-order valence-corrected chi connectivity index (χ3v) is 6.44. The van der Waals surface area contributed by atoms with Crippen LogP contribution in [0.4, 0.5) is 4.79 Å². The predicted molar refractivity (Wildman–Crippen MR) is 129 cm³/mol. The van der Waals surface area contributed by atoms with E-state index in [9.17, 15) is 14.7 Å². The molecule has 0 saturated carbocycles. The molecule has 34 heavy (non-hydrogen) atoms. The van der Waals surface area contributed by atoms with Crippen LogP contribution in [-0.4, -0.2) is 26.6 Å². The number of rotatable bonds is 4. The van der Waals surface area contributed by atoms with Crippen molar-refractivity contribution in [3.05, 3.63) is 96.8 Å². The molecular weight excluding hydrogens is 428 g/mol. The van der Waals surface area contributed by atoms with Gasteiger partial charge in [-0.25, -0.2) is 4.79 Å². The Morgan fingerprint density at radius 2 is 1.65 bits per heavy atom. The number of amides is 3. The van der Waals surface area contributed by atoms with Gasteiger partial charge < -0.3 is 15.0 Å². The average Bonchev–Trinajstić information content (AvgIpc) is 3.34. The topological polar surface area (TPSA) is 96.2 Å². The fourth-order valence-corrected chi connectivity index (χ4v) is 4.74. The van der Waals surface area contributed by atoms with E-state index < -0.39 is 17.5 Å². The minimum absolute atomic E-state index is 0.0419. The summed E-state index contributed by atoms with van der Waals surface area (Å²) in [5, 5.41) is 18.5. The summed E-state index contributed by atoms with van der Waals surface area (Å²) in [6.45, 7) is 0.0419. The third-order valence-electron chi connectivity index (χ3n) is 6.44. The number of carbonyl (C=O) groups excluding carboxylic acids is 2. The first-order valence-corrected chi connectivity index (χ1v) is 10.9. The minimum atomic E-state index is -1.36. The molecule has 0 radical (unpaired) electrons. The Labute approximate surface area is 194 Å². The lowest BCUT2D eigenvalue weighted by Crippen LogP contribution is -2.47. The first-order chi connectivity index (χ1) is 16.5. The number of nitrogens with zero attached hydrogens (tertiary/aromatic N) is 2. The van der Waals surface area contributed by atoms with Gasteiger partial charge in [0.15, 0.2) is 11.4 Å². The SMILES string of the molecule is O=C1NC(=O)[C@](Cn2cc3ccccc3c2O)(c2ccc(-c3cccc4cccnc34)cc2)N1. The van der Waals surface area contributed by atoms with Crippen LogP contribution in [0.15, 0.2) is 91.3 Å². The Hall–Kier alpha value is -4.65. The van der Waals surface area contributed by atoms with Gasteiger partial charge in [-0.15, -0.1) is 0 Å². The highest BCUT2D eigenvalue weighted by atomic mass is 16.3. The van der Waals surface area contributed by atoms with E-state index in [0.29, 0.717) is 10.9 Å². The molecular formula is C27H20N4O3. The van der Waals surface area contributed by atoms with Crippen LogP contribution in [-0.2, 0) is 16.9 Å². The molecule has 1 saturated heterocycles. The molecule has 7 heteroatoms. The summed E-state index contributed by atoms with van der Waals surface area (Å²) in [4.78, 5) is 29.8. The Morgan fingerprint density at radius 1 is 0.882 bits per heavy atom. The highest BCUT2D eigenvalue weighted by Crippen LogP contribution is 2.35. The van der Waals surface area contributed by atoms with Crippen molar-refractivity contribution in [3.8, 4) is 17.0 Å². The first kappa shape index (κ1) is 20.0. The van der Waals surface area contributed by atoms with Crippen molar-refractivity contribution in [3.63, 3.8) is 0 Å². The van der Waals surface area contributed by atoms with Gasteiger partial charge in [0.2, 0.25) is 0 Å². The Kier molecular flexibility index (Phi) is 4.38. The maximum Gasteiger partial charge on any atom is 0.322 e. The van der Waals surface area contributed by atoms with E-state index in [0.717, 1.165) is 27.4 Å². The van der Waals surface area contributed by atoms with Crippen LogP contribution in [0.2, 0.25) is 0 Å². The van der Waals surface area contributed by atoms with Gasteiger partial charge in [-0.2, -0.15) is 0 Å². The second kappa shape index (κ2) is 7.45. The number of imide groups is 1. The lowest BCUT2D eigenvalue weighted by Gasteiger charge is -2.27. The maximum atomic E-state index is 13.1. The van der Waals surface area contributed by atoms with Crippen molar-refractivity contribution >= 4 is 33.6 Å². The van der Waals surface area contributed by atoms with Crippen LogP contribution in [0, 0.1) is 0 Å². The van der Waals surface area contributed by atoms with Gasteiger partial charge in [0.25, 0.3) is 5.91 Å². The molecule has 1 fully saturated rings. The van der Waals surface area contributed by atoms with Gasteiger partial charge in [0.05, 0.1) is 12.1 Å². The number of aromatic hydroxyl groups is 1. The summed E-state index contributed by atoms with van der Waals surface area (Å²) in [7, 11) is 0. The van der Waals surface area contributed by atoms with Crippen LogP contribution in [0.5, 0.6) is 5.88 Å². The van der Waals surface area contributed by atoms with Crippen molar-refractivity contribution in [2.45, 2.75) is 12.1 Å². The minimum Gasteiger partial charge on any atom is -0.494 e. The molecule has 1 aliphatic rings. The van der Waals surface area contributed by atoms with Gasteiger partial charge in [-0.05, 0) is 23.3 Å². The molecule has 166 valence electrons. The maximum absolute atomic E-state index is 13.1. The zero-order chi connectivity index (χ0) is 23.3. The number of urea groups is 1. The lowest BCUT2D eigenvalue weighted by atomic mass is 9.88. The van der Waals surface area contributed by atoms with Crippen LogP contribution in [0.25, 0.3) is 32.8 Å². The summed E-state index contributed by atoms with van der Waals surface area (Å²) in [5.41, 5.74) is 2.07. The summed E-state index contributed by atoms with van der Waals surface area (Å²) in [6, 6.07) is 24.3. The first-order valence-electron chi connectivity index (χ1n) is 10.9. The molecule has 3 N–H and O–H groups in total. The van der Waals surface area contributed by atoms with E-state index >= 15 is 0 Å². The number of carbonyl (C=O) groups is 2. The smallest absolute Gasteiger partial charge is 0.322 e. The van der Waals surface area contributed by atoms with Gasteiger partial charge in [0, 0.05) is 34.1 Å². The largest absolute Gasteiger partial charge is 0.494 e. The monoisotopic (exact) mass is 448 g/mol. The van der Waals surface area contributed by atoms with Crippen LogP contribution in [0.1, 0.15) is 5.56 Å². The zero-order valence-electron chi connectivity index (χ0n) is 18.0. The Morgan fingerprint density at radius 3 is 2.41 bits per heavy atom. The van der Waals surface area contributed by atoms with E-state index in [4.69, 9.17) is 0 Å². The molecule has 0 aliphatic carbocycles. The molecule has 3 aromatic carbocycles. The molecule has 6 rings (SSSR count). The van der Waals surface area contributed by atoms with Crippen LogP contribution >= 0.6 is 0 Å². The van der Waals surface area contributed by atoms with Gasteiger partial charge in [-0.3, -0.25) is 15.1 Å². The molecule has 3 amide bonds. The molecule has 5 aromatic rings. The predicted octanol–water partition coefficient (Wildman–Crippen LogP) is 4.30. The second-order valence-corrected chi connectivity index (χ2v) is 8.44. The summed E-state index contributed by atoms with van der Waals surface area (Å²) in [5.74, 6) is -0.420. The molecule has 1 aliphatic heterocycles. The van der Waals surface area contributed by atoms with Crippen molar-refractivity contribution in [2.75, 3.05) is 0 Å². The fourth-order valence-electron chi connectivity index (χ4n) is 4.74. The molecule has 0 spiro atoms. The van der Waals surface area contributed by atoms with E-state index in [2.05, 4.69) is 15.6 Å². The van der Waals surface area contributed by atoms with E-state index in [1.165, 1.54) is 0 Å². The summed E-state index contributed by atoms with van der Waals surface area (Å²) < 4.78 is 1.60. The zero-order valence-corrected chi connectivity index (χ0v) is 18.0. The lowest BCUT2D eigenvalue weighted by molar-refractivity contribution is -0.124. The number of aromatic nitrogens is 2. The fraction of sp³-hybridized carbons (Fsp3) is 0.0741. The number of hydrogen-bond donors (Lipinski definition) is 3. The molecule has 7 nitrogen and oxygen atoms in total. The van der Waals surface area contributed by atoms with Crippen molar-refractivity contribution in [2.24, 2.45) is 0 Å². The number of hydrogen-bond acceptors (Lipinski definition) is 4. The van der Waals surface area contributed by atoms with Gasteiger partial charge in [0.1, 0.15) is 0 Å².